The fourth-order valence-corrected chi connectivity index (χ4v) is 2.12. The summed E-state index contributed by atoms with van der Waals surface area (Å²) in [7, 11) is 2.51. The average Bonchev–Trinajstić information content (AvgIpc) is 2.33. The summed E-state index contributed by atoms with van der Waals surface area (Å²) < 4.78 is 57.7. The van der Waals surface area contributed by atoms with Gasteiger partial charge in [-0.1, -0.05) is 15.9 Å². The van der Waals surface area contributed by atoms with Crippen molar-refractivity contribution in [1.29, 1.82) is 0 Å². The van der Waals surface area contributed by atoms with Crippen molar-refractivity contribution >= 4 is 15.9 Å². The molecule has 108 valence electrons. The van der Waals surface area contributed by atoms with E-state index < -0.39 is 18.4 Å². The van der Waals surface area contributed by atoms with Gasteiger partial charge < -0.3 is 10.1 Å². The van der Waals surface area contributed by atoms with Crippen LogP contribution in [0.2, 0.25) is 0 Å². The first kappa shape index (κ1) is 16.2. The minimum absolute atomic E-state index is 0.0206. The summed E-state index contributed by atoms with van der Waals surface area (Å²) in [6, 6.07) is 1.05. The highest BCUT2D eigenvalue weighted by Gasteiger charge is 2.49. The third-order valence-electron chi connectivity index (χ3n) is 2.79. The van der Waals surface area contributed by atoms with E-state index in [0.29, 0.717) is 4.47 Å². The van der Waals surface area contributed by atoms with E-state index in [0.717, 1.165) is 5.56 Å². The zero-order chi connectivity index (χ0) is 14.8. The van der Waals surface area contributed by atoms with E-state index in [-0.39, 0.29) is 11.3 Å². The van der Waals surface area contributed by atoms with E-state index in [9.17, 15) is 17.6 Å². The highest BCUT2D eigenvalue weighted by molar-refractivity contribution is 9.10. The quantitative estimate of drug-likeness (QED) is 0.818. The Hall–Kier alpha value is -0.820. The van der Waals surface area contributed by atoms with Crippen LogP contribution in [0.25, 0.3) is 0 Å². The molecule has 0 aromatic heterocycles. The average molecular weight is 344 g/mol. The van der Waals surface area contributed by atoms with Gasteiger partial charge in [-0.2, -0.15) is 8.78 Å². The maximum Gasteiger partial charge on any atom is 0.326 e. The van der Waals surface area contributed by atoms with Crippen LogP contribution in [0.4, 0.5) is 17.6 Å². The third-order valence-corrected chi connectivity index (χ3v) is 3.64. The van der Waals surface area contributed by atoms with Crippen molar-refractivity contribution in [2.24, 2.45) is 0 Å². The zero-order valence-electron chi connectivity index (χ0n) is 10.6. The van der Waals surface area contributed by atoms with E-state index in [1.54, 1.807) is 6.92 Å². The molecule has 0 saturated heterocycles. The molecule has 1 rings (SSSR count). The number of aryl methyl sites for hydroxylation is 1. The van der Waals surface area contributed by atoms with Crippen LogP contribution in [0.15, 0.2) is 16.6 Å². The molecule has 1 N–H and O–H groups in total. The van der Waals surface area contributed by atoms with E-state index in [1.165, 1.54) is 26.3 Å². The molecule has 0 saturated carbocycles. The molecular formula is C12H14BrF4NO. The minimum atomic E-state index is -4.20. The van der Waals surface area contributed by atoms with Crippen molar-refractivity contribution in [2.45, 2.75) is 25.3 Å². The second-order valence-corrected chi connectivity index (χ2v) is 4.89. The number of halogens is 5. The van der Waals surface area contributed by atoms with Gasteiger partial charge in [0.05, 0.1) is 7.11 Å². The second-order valence-electron chi connectivity index (χ2n) is 4.04. The fraction of sp³-hybridized carbons (Fsp3) is 0.500. The van der Waals surface area contributed by atoms with Gasteiger partial charge in [-0.15, -0.1) is 0 Å². The van der Waals surface area contributed by atoms with Gasteiger partial charge in [0.1, 0.15) is 11.8 Å². The lowest BCUT2D eigenvalue weighted by atomic mass is 9.98. The fourth-order valence-electron chi connectivity index (χ4n) is 1.75. The van der Waals surface area contributed by atoms with E-state index in [1.807, 2.05) is 0 Å². The Morgan fingerprint density at radius 3 is 2.32 bits per heavy atom. The summed E-state index contributed by atoms with van der Waals surface area (Å²) in [5.74, 6) is -4.06. The predicted octanol–water partition coefficient (Wildman–Crippen LogP) is 3.93. The molecule has 2 nitrogen and oxygen atoms in total. The highest BCUT2D eigenvalue weighted by atomic mass is 79.9. The highest BCUT2D eigenvalue weighted by Crippen LogP contribution is 2.41. The number of alkyl halides is 4. The number of hydrogen-bond acceptors (Lipinski definition) is 2. The minimum Gasteiger partial charge on any atom is -0.496 e. The van der Waals surface area contributed by atoms with Crippen LogP contribution in [-0.4, -0.2) is 26.5 Å². The molecule has 7 heteroatoms. The van der Waals surface area contributed by atoms with Gasteiger partial charge in [0.25, 0.3) is 0 Å². The monoisotopic (exact) mass is 343 g/mol. The van der Waals surface area contributed by atoms with Crippen molar-refractivity contribution in [3.8, 4) is 5.75 Å². The summed E-state index contributed by atoms with van der Waals surface area (Å²) in [5.41, 5.74) is 0.739. The smallest absolute Gasteiger partial charge is 0.326 e. The lowest BCUT2D eigenvalue weighted by Gasteiger charge is -2.27. The Bertz CT molecular complexity index is 454. The Morgan fingerprint density at radius 2 is 1.89 bits per heavy atom. The number of methoxy groups -OCH3 is 1. The van der Waals surface area contributed by atoms with Crippen molar-refractivity contribution in [3.05, 3.63) is 27.7 Å². The largest absolute Gasteiger partial charge is 0.496 e. The molecule has 1 aromatic carbocycles. The van der Waals surface area contributed by atoms with Gasteiger partial charge >= 0.3 is 12.3 Å². The molecule has 1 unspecified atom stereocenters. The molecule has 0 heterocycles. The molecule has 1 atom stereocenters. The summed E-state index contributed by atoms with van der Waals surface area (Å²) in [5, 5.41) is 2.23. The van der Waals surface area contributed by atoms with Crippen LogP contribution in [0, 0.1) is 6.92 Å². The van der Waals surface area contributed by atoms with Crippen LogP contribution >= 0.6 is 15.9 Å². The maximum atomic E-state index is 13.6. The van der Waals surface area contributed by atoms with Gasteiger partial charge in [0.2, 0.25) is 0 Å². The number of benzene rings is 1. The molecular weight excluding hydrogens is 330 g/mol. The molecule has 0 amide bonds. The lowest BCUT2D eigenvalue weighted by Crippen LogP contribution is -2.41. The first-order valence-electron chi connectivity index (χ1n) is 5.43. The van der Waals surface area contributed by atoms with Crippen LogP contribution in [0.5, 0.6) is 5.75 Å². The predicted molar refractivity (Wildman–Crippen MR) is 68.2 cm³/mol. The standard InChI is InChI=1S/C12H14BrF4NO/c1-6-4-9(19-3)7(5-8(6)13)10(18-2)12(16,17)11(14)15/h4-5,10-11,18H,1-3H3. The Labute approximate surface area is 117 Å². The molecule has 19 heavy (non-hydrogen) atoms. The molecule has 1 aromatic rings. The summed E-state index contributed by atoms with van der Waals surface area (Å²) in [6.45, 7) is 1.75. The van der Waals surface area contributed by atoms with Crippen molar-refractivity contribution in [1.82, 2.24) is 5.32 Å². The molecule has 0 radical (unpaired) electrons. The molecule has 0 bridgehead atoms. The Morgan fingerprint density at radius 1 is 1.32 bits per heavy atom. The van der Waals surface area contributed by atoms with E-state index in [2.05, 4.69) is 21.2 Å². The van der Waals surface area contributed by atoms with Crippen molar-refractivity contribution < 1.29 is 22.3 Å². The van der Waals surface area contributed by atoms with Gasteiger partial charge in [-0.05, 0) is 31.7 Å². The Kier molecular flexibility index (Phi) is 5.20. The summed E-state index contributed by atoms with van der Waals surface area (Å²) in [4.78, 5) is 0. The summed E-state index contributed by atoms with van der Waals surface area (Å²) in [6.07, 6.45) is -3.77. The van der Waals surface area contributed by atoms with Crippen LogP contribution in [0.3, 0.4) is 0 Å². The SMILES string of the molecule is CNC(c1cc(Br)c(C)cc1OC)C(F)(F)C(F)F. The van der Waals surface area contributed by atoms with Crippen molar-refractivity contribution in [3.63, 3.8) is 0 Å². The Balaban J connectivity index is 3.37. The number of nitrogens with one attached hydrogen (secondary N) is 1. The van der Waals surface area contributed by atoms with Gasteiger partial charge in [0, 0.05) is 10.0 Å². The zero-order valence-corrected chi connectivity index (χ0v) is 12.2. The second kappa shape index (κ2) is 6.09. The van der Waals surface area contributed by atoms with Crippen molar-refractivity contribution in [2.75, 3.05) is 14.2 Å². The van der Waals surface area contributed by atoms with Crippen LogP contribution in [-0.2, 0) is 0 Å². The van der Waals surface area contributed by atoms with E-state index >= 15 is 0 Å². The number of rotatable bonds is 5. The third kappa shape index (κ3) is 3.20. The van der Waals surface area contributed by atoms with E-state index in [4.69, 9.17) is 4.74 Å². The number of ether oxygens (including phenoxy) is 1. The summed E-state index contributed by atoms with van der Waals surface area (Å²) >= 11 is 3.19. The maximum absolute atomic E-state index is 13.6. The molecule has 0 aliphatic carbocycles. The first-order chi connectivity index (χ1) is 8.75. The lowest BCUT2D eigenvalue weighted by molar-refractivity contribution is -0.150. The van der Waals surface area contributed by atoms with Crippen LogP contribution < -0.4 is 10.1 Å². The molecule has 0 aliphatic rings. The van der Waals surface area contributed by atoms with Gasteiger partial charge in [-0.3, -0.25) is 0 Å². The molecule has 0 aliphatic heterocycles. The normalized spacial score (nSPS) is 13.7. The number of hydrogen-bond donors (Lipinski definition) is 1. The van der Waals surface area contributed by atoms with Gasteiger partial charge in [-0.25, -0.2) is 8.78 Å². The van der Waals surface area contributed by atoms with Gasteiger partial charge in [0.15, 0.2) is 0 Å². The first-order valence-corrected chi connectivity index (χ1v) is 6.22. The van der Waals surface area contributed by atoms with Crippen LogP contribution in [0.1, 0.15) is 17.2 Å². The molecule has 0 spiro atoms. The topological polar surface area (TPSA) is 21.3 Å². The molecule has 0 fully saturated rings.